The first-order valence-electron chi connectivity index (χ1n) is 8.84. The molecule has 0 aliphatic rings. The van der Waals surface area contributed by atoms with Gasteiger partial charge in [0.15, 0.2) is 0 Å². The van der Waals surface area contributed by atoms with Gasteiger partial charge in [-0.1, -0.05) is 19.8 Å². The summed E-state index contributed by atoms with van der Waals surface area (Å²) in [5.74, 6) is -0.533. The zero-order valence-corrected chi connectivity index (χ0v) is 17.2. The van der Waals surface area contributed by atoms with Crippen LogP contribution >= 0.6 is 22.7 Å². The van der Waals surface area contributed by atoms with Crippen LogP contribution in [0.4, 0.5) is 10.0 Å². The van der Waals surface area contributed by atoms with Crippen LogP contribution in [0.3, 0.4) is 0 Å². The van der Waals surface area contributed by atoms with E-state index in [1.165, 1.54) is 22.7 Å². The van der Waals surface area contributed by atoms with E-state index in [2.05, 4.69) is 17.6 Å². The molecule has 2 aromatic rings. The molecule has 7 nitrogen and oxygen atoms in total. The van der Waals surface area contributed by atoms with Crippen LogP contribution < -0.4 is 10.6 Å². The van der Waals surface area contributed by atoms with Crippen molar-refractivity contribution in [2.45, 2.75) is 26.2 Å². The van der Waals surface area contributed by atoms with Crippen molar-refractivity contribution in [1.29, 1.82) is 10.5 Å². The quantitative estimate of drug-likeness (QED) is 0.576. The fourth-order valence-electron chi connectivity index (χ4n) is 2.53. The summed E-state index contributed by atoms with van der Waals surface area (Å²) >= 11 is 2.58. The summed E-state index contributed by atoms with van der Waals surface area (Å²) in [4.78, 5) is 26.6. The lowest BCUT2D eigenvalue weighted by molar-refractivity contribution is -0.120. The number of rotatable bonds is 10. The highest BCUT2D eigenvalue weighted by molar-refractivity contribution is 7.14. The number of nitrogens with zero attached hydrogens (tertiary/aromatic N) is 3. The second-order valence-electron chi connectivity index (χ2n) is 6.06. The Hall–Kier alpha value is -2.72. The molecule has 0 aliphatic heterocycles. The summed E-state index contributed by atoms with van der Waals surface area (Å²) < 4.78 is 0. The smallest absolute Gasteiger partial charge is 0.239 e. The maximum absolute atomic E-state index is 12.4. The first kappa shape index (κ1) is 21.6. The van der Waals surface area contributed by atoms with Crippen LogP contribution in [0.2, 0.25) is 0 Å². The highest BCUT2D eigenvalue weighted by Crippen LogP contribution is 2.23. The summed E-state index contributed by atoms with van der Waals surface area (Å²) in [6.45, 7) is 2.80. The first-order valence-corrected chi connectivity index (χ1v) is 10.6. The van der Waals surface area contributed by atoms with Gasteiger partial charge in [0.1, 0.15) is 22.1 Å². The number of hydrogen-bond acceptors (Lipinski definition) is 7. The van der Waals surface area contributed by atoms with Gasteiger partial charge < -0.3 is 10.6 Å². The number of carbonyl (C=O) groups excluding carboxylic acids is 2. The minimum absolute atomic E-state index is 0.0510. The van der Waals surface area contributed by atoms with Crippen LogP contribution in [-0.4, -0.2) is 36.3 Å². The van der Waals surface area contributed by atoms with Gasteiger partial charge in [-0.3, -0.25) is 14.5 Å². The fourth-order valence-corrected chi connectivity index (χ4v) is 4.03. The monoisotopic (exact) mass is 415 g/mol. The molecule has 0 unspecified atom stereocenters. The number of nitriles is 2. The average molecular weight is 416 g/mol. The Bertz CT molecular complexity index is 823. The number of anilines is 2. The Kier molecular flexibility index (Phi) is 8.63. The van der Waals surface area contributed by atoms with Gasteiger partial charge in [-0.15, -0.1) is 22.7 Å². The van der Waals surface area contributed by atoms with Crippen LogP contribution in [-0.2, 0) is 9.59 Å². The maximum Gasteiger partial charge on any atom is 0.239 e. The molecule has 0 saturated heterocycles. The molecule has 0 saturated carbocycles. The third-order valence-electron chi connectivity index (χ3n) is 3.89. The van der Waals surface area contributed by atoms with Crippen molar-refractivity contribution in [3.63, 3.8) is 0 Å². The van der Waals surface area contributed by atoms with Crippen molar-refractivity contribution in [3.8, 4) is 12.1 Å². The first-order chi connectivity index (χ1) is 13.6. The Morgan fingerprint density at radius 3 is 1.89 bits per heavy atom. The molecule has 2 amide bonds. The van der Waals surface area contributed by atoms with Gasteiger partial charge in [0, 0.05) is 0 Å². The summed E-state index contributed by atoms with van der Waals surface area (Å²) in [5, 5.41) is 28.1. The minimum atomic E-state index is -0.267. The summed E-state index contributed by atoms with van der Waals surface area (Å²) in [6, 6.07) is 7.38. The molecule has 28 heavy (non-hydrogen) atoms. The molecule has 0 radical (unpaired) electrons. The number of unbranched alkanes of at least 4 members (excludes halogenated alkanes) is 2. The topological polar surface area (TPSA) is 109 Å². The van der Waals surface area contributed by atoms with E-state index in [0.29, 0.717) is 27.7 Å². The molecule has 0 aromatic carbocycles. The van der Waals surface area contributed by atoms with Crippen molar-refractivity contribution in [1.82, 2.24) is 4.90 Å². The molecule has 9 heteroatoms. The van der Waals surface area contributed by atoms with Crippen molar-refractivity contribution in [2.24, 2.45) is 0 Å². The van der Waals surface area contributed by atoms with Crippen molar-refractivity contribution >= 4 is 44.5 Å². The molecular formula is C19H21N5O2S2. The average Bonchev–Trinajstić information content (AvgIpc) is 3.30. The summed E-state index contributed by atoms with van der Waals surface area (Å²) in [7, 11) is 0. The lowest BCUT2D eigenvalue weighted by Gasteiger charge is -2.21. The van der Waals surface area contributed by atoms with Crippen LogP contribution in [0.15, 0.2) is 22.9 Å². The van der Waals surface area contributed by atoms with Gasteiger partial charge in [-0.2, -0.15) is 10.5 Å². The van der Waals surface area contributed by atoms with Gasteiger partial charge in [-0.25, -0.2) is 0 Å². The standard InChI is InChI=1S/C19H21N5O2S2/c1-2-3-4-7-24(12-16(25)22-18-14(10-20)5-8-27-18)13-17(26)23-19-15(11-21)6-9-28-19/h5-6,8-9H,2-4,7,12-13H2,1H3,(H,22,25)(H,23,26). The molecule has 2 N–H and O–H groups in total. The predicted molar refractivity (Wildman–Crippen MR) is 111 cm³/mol. The second-order valence-corrected chi connectivity index (χ2v) is 7.90. The van der Waals surface area contributed by atoms with E-state index < -0.39 is 0 Å². The molecular weight excluding hydrogens is 394 g/mol. The third kappa shape index (κ3) is 6.46. The predicted octanol–water partition coefficient (Wildman–Crippen LogP) is 3.62. The molecule has 2 rings (SSSR count). The minimum Gasteiger partial charge on any atom is -0.315 e. The number of amides is 2. The van der Waals surface area contributed by atoms with Gasteiger partial charge >= 0.3 is 0 Å². The molecule has 146 valence electrons. The molecule has 0 spiro atoms. The Balaban J connectivity index is 1.96. The van der Waals surface area contributed by atoms with Gasteiger partial charge in [0.05, 0.1) is 24.2 Å². The zero-order valence-electron chi connectivity index (χ0n) is 15.5. The molecule has 2 aromatic heterocycles. The molecule has 2 heterocycles. The van der Waals surface area contributed by atoms with Gasteiger partial charge in [0.2, 0.25) is 11.8 Å². The van der Waals surface area contributed by atoms with Crippen LogP contribution in [0.5, 0.6) is 0 Å². The second kappa shape index (κ2) is 11.2. The van der Waals surface area contributed by atoms with E-state index >= 15 is 0 Å². The van der Waals surface area contributed by atoms with Crippen LogP contribution in [0.25, 0.3) is 0 Å². The normalized spacial score (nSPS) is 10.3. The van der Waals surface area contributed by atoms with Gasteiger partial charge in [0.25, 0.3) is 0 Å². The molecule has 0 atom stereocenters. The fraction of sp³-hybridized carbons (Fsp3) is 0.368. The highest BCUT2D eigenvalue weighted by atomic mass is 32.1. The molecule has 0 fully saturated rings. The van der Waals surface area contributed by atoms with E-state index in [1.54, 1.807) is 27.8 Å². The Morgan fingerprint density at radius 2 is 1.46 bits per heavy atom. The Morgan fingerprint density at radius 1 is 0.964 bits per heavy atom. The zero-order chi connectivity index (χ0) is 20.4. The number of carbonyl (C=O) groups is 2. The van der Waals surface area contributed by atoms with E-state index in [9.17, 15) is 9.59 Å². The van der Waals surface area contributed by atoms with Crippen LogP contribution in [0, 0.1) is 22.7 Å². The van der Waals surface area contributed by atoms with Crippen LogP contribution in [0.1, 0.15) is 37.3 Å². The third-order valence-corrected chi connectivity index (χ3v) is 5.55. The van der Waals surface area contributed by atoms with E-state index in [4.69, 9.17) is 10.5 Å². The van der Waals surface area contributed by atoms with E-state index in [1.807, 2.05) is 12.1 Å². The number of thiophene rings is 2. The summed E-state index contributed by atoms with van der Waals surface area (Å²) in [5.41, 5.74) is 0.853. The summed E-state index contributed by atoms with van der Waals surface area (Å²) in [6.07, 6.45) is 2.92. The largest absolute Gasteiger partial charge is 0.315 e. The lowest BCUT2D eigenvalue weighted by Crippen LogP contribution is -2.39. The van der Waals surface area contributed by atoms with E-state index in [-0.39, 0.29) is 24.9 Å². The Labute approximate surface area is 172 Å². The highest BCUT2D eigenvalue weighted by Gasteiger charge is 2.17. The van der Waals surface area contributed by atoms with Crippen molar-refractivity contribution in [3.05, 3.63) is 34.0 Å². The maximum atomic E-state index is 12.4. The van der Waals surface area contributed by atoms with Crippen molar-refractivity contribution < 1.29 is 9.59 Å². The van der Waals surface area contributed by atoms with E-state index in [0.717, 1.165) is 19.3 Å². The lowest BCUT2D eigenvalue weighted by atomic mass is 10.2. The molecule has 0 aliphatic carbocycles. The number of nitrogens with one attached hydrogen (secondary N) is 2. The SMILES string of the molecule is CCCCCN(CC(=O)Nc1sccc1C#N)CC(=O)Nc1sccc1C#N. The number of hydrogen-bond donors (Lipinski definition) is 2. The molecule has 0 bridgehead atoms. The van der Waals surface area contributed by atoms with Crippen molar-refractivity contribution in [2.75, 3.05) is 30.3 Å². The van der Waals surface area contributed by atoms with Gasteiger partial charge in [-0.05, 0) is 35.9 Å².